The first-order valence-corrected chi connectivity index (χ1v) is 5.75. The Morgan fingerprint density at radius 1 is 1.00 bits per heavy atom. The van der Waals surface area contributed by atoms with Crippen molar-refractivity contribution in [2.24, 2.45) is 5.92 Å². The molecule has 2 aliphatic rings. The Morgan fingerprint density at radius 3 is 2.23 bits per heavy atom. The fraction of sp³-hybridized carbons (Fsp3) is 1.00. The molecule has 0 radical (unpaired) electrons. The highest BCUT2D eigenvalue weighted by Gasteiger charge is 2.21. The molecule has 0 amide bonds. The summed E-state index contributed by atoms with van der Waals surface area (Å²) in [6, 6.07) is 0. The summed E-state index contributed by atoms with van der Waals surface area (Å²) < 4.78 is 0. The van der Waals surface area contributed by atoms with Crippen LogP contribution in [-0.4, -0.2) is 35.7 Å². The summed E-state index contributed by atoms with van der Waals surface area (Å²) in [5, 5.41) is 9.36. The SMILES string of the molecule is OC1CCN(CC2CCCC2)CC1. The van der Waals surface area contributed by atoms with E-state index in [1.54, 1.807) is 0 Å². The Labute approximate surface area is 80.9 Å². The van der Waals surface area contributed by atoms with Gasteiger partial charge in [0, 0.05) is 19.6 Å². The average Bonchev–Trinajstić information content (AvgIpc) is 2.62. The maximum atomic E-state index is 9.36. The molecule has 1 aliphatic heterocycles. The summed E-state index contributed by atoms with van der Waals surface area (Å²) in [5.41, 5.74) is 0. The molecule has 2 heteroatoms. The van der Waals surface area contributed by atoms with Gasteiger partial charge in [-0.25, -0.2) is 0 Å². The molecule has 0 aromatic rings. The zero-order chi connectivity index (χ0) is 9.10. The number of piperidine rings is 1. The van der Waals surface area contributed by atoms with Crippen LogP contribution < -0.4 is 0 Å². The third-order valence-electron chi connectivity index (χ3n) is 3.55. The van der Waals surface area contributed by atoms with E-state index in [0.29, 0.717) is 0 Å². The molecule has 1 saturated carbocycles. The molecule has 13 heavy (non-hydrogen) atoms. The van der Waals surface area contributed by atoms with Crippen molar-refractivity contribution in [2.45, 2.75) is 44.6 Å². The fourth-order valence-corrected chi connectivity index (χ4v) is 2.66. The van der Waals surface area contributed by atoms with Crippen LogP contribution in [0.5, 0.6) is 0 Å². The number of rotatable bonds is 2. The Balaban J connectivity index is 1.69. The van der Waals surface area contributed by atoms with E-state index >= 15 is 0 Å². The molecule has 0 aromatic heterocycles. The number of nitrogens with zero attached hydrogens (tertiary/aromatic N) is 1. The molecular formula is C11H21NO. The maximum Gasteiger partial charge on any atom is 0.0564 e. The largest absolute Gasteiger partial charge is 0.393 e. The maximum absolute atomic E-state index is 9.36. The molecule has 2 fully saturated rings. The van der Waals surface area contributed by atoms with Crippen LogP contribution in [-0.2, 0) is 0 Å². The van der Waals surface area contributed by atoms with Gasteiger partial charge in [0.15, 0.2) is 0 Å². The van der Waals surface area contributed by atoms with Gasteiger partial charge in [0.1, 0.15) is 0 Å². The normalized spacial score (nSPS) is 28.4. The van der Waals surface area contributed by atoms with Gasteiger partial charge in [-0.3, -0.25) is 0 Å². The molecule has 1 aliphatic carbocycles. The van der Waals surface area contributed by atoms with Gasteiger partial charge in [-0.1, -0.05) is 12.8 Å². The molecule has 2 rings (SSSR count). The standard InChI is InChI=1S/C11H21NO/c13-11-5-7-12(8-6-11)9-10-3-1-2-4-10/h10-11,13H,1-9H2. The molecule has 0 bridgehead atoms. The molecule has 76 valence electrons. The predicted molar refractivity (Wildman–Crippen MR) is 53.6 cm³/mol. The third-order valence-corrected chi connectivity index (χ3v) is 3.55. The number of aliphatic hydroxyl groups excluding tert-OH is 1. The van der Waals surface area contributed by atoms with E-state index in [1.165, 1.54) is 32.2 Å². The van der Waals surface area contributed by atoms with Crippen LogP contribution >= 0.6 is 0 Å². The van der Waals surface area contributed by atoms with Crippen LogP contribution in [0, 0.1) is 5.92 Å². The summed E-state index contributed by atoms with van der Waals surface area (Å²) in [6.07, 6.45) is 7.75. The second kappa shape index (κ2) is 4.43. The number of aliphatic hydroxyl groups is 1. The lowest BCUT2D eigenvalue weighted by atomic mass is 10.0. The molecular weight excluding hydrogens is 162 g/mol. The third kappa shape index (κ3) is 2.68. The van der Waals surface area contributed by atoms with Gasteiger partial charge < -0.3 is 10.0 Å². The van der Waals surface area contributed by atoms with E-state index in [4.69, 9.17) is 0 Å². The van der Waals surface area contributed by atoms with Gasteiger partial charge in [0.2, 0.25) is 0 Å². The molecule has 0 atom stereocenters. The number of hydrogen-bond donors (Lipinski definition) is 1. The lowest BCUT2D eigenvalue weighted by Gasteiger charge is -2.31. The van der Waals surface area contributed by atoms with Crippen molar-refractivity contribution in [2.75, 3.05) is 19.6 Å². The first kappa shape index (κ1) is 9.47. The highest BCUT2D eigenvalue weighted by molar-refractivity contribution is 4.76. The number of hydrogen-bond acceptors (Lipinski definition) is 2. The molecule has 1 N–H and O–H groups in total. The van der Waals surface area contributed by atoms with Gasteiger partial charge in [0.25, 0.3) is 0 Å². The lowest BCUT2D eigenvalue weighted by molar-refractivity contribution is 0.0752. The Bertz CT molecular complexity index is 146. The highest BCUT2D eigenvalue weighted by Crippen LogP contribution is 2.26. The summed E-state index contributed by atoms with van der Waals surface area (Å²) in [4.78, 5) is 2.54. The van der Waals surface area contributed by atoms with Crippen molar-refractivity contribution >= 4 is 0 Å². The lowest BCUT2D eigenvalue weighted by Crippen LogP contribution is -2.38. The quantitative estimate of drug-likeness (QED) is 0.703. The summed E-state index contributed by atoms with van der Waals surface area (Å²) in [5.74, 6) is 0.968. The van der Waals surface area contributed by atoms with E-state index < -0.39 is 0 Å². The Kier molecular flexibility index (Phi) is 3.23. The fourth-order valence-electron chi connectivity index (χ4n) is 2.66. The minimum atomic E-state index is -0.0140. The molecule has 1 heterocycles. The monoisotopic (exact) mass is 183 g/mol. The van der Waals surface area contributed by atoms with Gasteiger partial charge in [-0.15, -0.1) is 0 Å². The van der Waals surface area contributed by atoms with Crippen molar-refractivity contribution in [1.29, 1.82) is 0 Å². The van der Waals surface area contributed by atoms with Gasteiger partial charge in [-0.2, -0.15) is 0 Å². The molecule has 0 aromatic carbocycles. The average molecular weight is 183 g/mol. The summed E-state index contributed by atoms with van der Waals surface area (Å²) >= 11 is 0. The van der Waals surface area contributed by atoms with Crippen molar-refractivity contribution in [3.05, 3.63) is 0 Å². The van der Waals surface area contributed by atoms with Gasteiger partial charge >= 0.3 is 0 Å². The molecule has 1 saturated heterocycles. The van der Waals surface area contributed by atoms with Gasteiger partial charge in [-0.05, 0) is 31.6 Å². The van der Waals surface area contributed by atoms with E-state index in [2.05, 4.69) is 4.90 Å². The minimum Gasteiger partial charge on any atom is -0.393 e. The van der Waals surface area contributed by atoms with Crippen LogP contribution in [0.4, 0.5) is 0 Å². The zero-order valence-corrected chi connectivity index (χ0v) is 8.41. The summed E-state index contributed by atoms with van der Waals surface area (Å²) in [6.45, 7) is 3.54. The van der Waals surface area contributed by atoms with Crippen molar-refractivity contribution in [3.8, 4) is 0 Å². The Morgan fingerprint density at radius 2 is 1.62 bits per heavy atom. The first-order chi connectivity index (χ1) is 6.34. The van der Waals surface area contributed by atoms with Crippen molar-refractivity contribution < 1.29 is 5.11 Å². The smallest absolute Gasteiger partial charge is 0.0564 e. The Hall–Kier alpha value is -0.0800. The van der Waals surface area contributed by atoms with Crippen LogP contribution in [0.25, 0.3) is 0 Å². The van der Waals surface area contributed by atoms with Crippen molar-refractivity contribution in [1.82, 2.24) is 4.90 Å². The number of likely N-dealkylation sites (tertiary alicyclic amines) is 1. The van der Waals surface area contributed by atoms with Gasteiger partial charge in [0.05, 0.1) is 6.10 Å². The predicted octanol–water partition coefficient (Wildman–Crippen LogP) is 1.63. The molecule has 0 spiro atoms. The van der Waals surface area contributed by atoms with E-state index in [-0.39, 0.29) is 6.10 Å². The topological polar surface area (TPSA) is 23.5 Å². The highest BCUT2D eigenvalue weighted by atomic mass is 16.3. The van der Waals surface area contributed by atoms with Crippen LogP contribution in [0.2, 0.25) is 0 Å². The molecule has 2 nitrogen and oxygen atoms in total. The summed E-state index contributed by atoms with van der Waals surface area (Å²) in [7, 11) is 0. The zero-order valence-electron chi connectivity index (χ0n) is 8.41. The van der Waals surface area contributed by atoms with Crippen molar-refractivity contribution in [3.63, 3.8) is 0 Å². The second-order valence-electron chi connectivity index (χ2n) is 4.68. The second-order valence-corrected chi connectivity index (χ2v) is 4.68. The van der Waals surface area contributed by atoms with E-state index in [0.717, 1.165) is 31.8 Å². The first-order valence-electron chi connectivity index (χ1n) is 5.75. The molecule has 0 unspecified atom stereocenters. The van der Waals surface area contributed by atoms with Crippen LogP contribution in [0.15, 0.2) is 0 Å². The minimum absolute atomic E-state index is 0.0140. The van der Waals surface area contributed by atoms with E-state index in [1.807, 2.05) is 0 Å². The van der Waals surface area contributed by atoms with E-state index in [9.17, 15) is 5.11 Å². The van der Waals surface area contributed by atoms with Crippen LogP contribution in [0.1, 0.15) is 38.5 Å². The van der Waals surface area contributed by atoms with Crippen LogP contribution in [0.3, 0.4) is 0 Å².